The van der Waals surface area contributed by atoms with Crippen LogP contribution in [0.4, 0.5) is 5.69 Å². The van der Waals surface area contributed by atoms with Gasteiger partial charge in [0, 0.05) is 6.04 Å². The molecule has 1 aromatic rings. The Hall–Kier alpha value is -0.730. The van der Waals surface area contributed by atoms with E-state index in [0.717, 1.165) is 36.5 Å². The van der Waals surface area contributed by atoms with Crippen LogP contribution in [0.3, 0.4) is 0 Å². The van der Waals surface area contributed by atoms with Gasteiger partial charge in [0.25, 0.3) is 0 Å². The lowest BCUT2D eigenvalue weighted by molar-refractivity contribution is 0.639. The maximum Gasteiger partial charge on any atom is 0.0640 e. The second-order valence-corrected chi connectivity index (χ2v) is 4.16. The van der Waals surface area contributed by atoms with E-state index < -0.39 is 0 Å². The molecular formula is C11H15ClN2. The van der Waals surface area contributed by atoms with Crippen LogP contribution >= 0.6 is 11.6 Å². The van der Waals surface area contributed by atoms with Gasteiger partial charge in [0.05, 0.1) is 10.7 Å². The molecule has 2 rings (SSSR count). The van der Waals surface area contributed by atoms with Gasteiger partial charge < -0.3 is 11.1 Å². The zero-order valence-electron chi connectivity index (χ0n) is 8.09. The molecule has 0 aliphatic carbocycles. The van der Waals surface area contributed by atoms with Crippen molar-refractivity contribution < 1.29 is 0 Å². The Kier molecular flexibility index (Phi) is 2.94. The van der Waals surface area contributed by atoms with Crippen LogP contribution in [0.5, 0.6) is 0 Å². The third-order valence-electron chi connectivity index (χ3n) is 2.67. The molecule has 0 fully saturated rings. The summed E-state index contributed by atoms with van der Waals surface area (Å²) in [6.07, 6.45) is 3.28. The Balaban J connectivity index is 2.06. The first kappa shape index (κ1) is 9.81. The number of nitrogens with one attached hydrogen (secondary N) is 1. The monoisotopic (exact) mass is 210 g/mol. The van der Waals surface area contributed by atoms with Crippen LogP contribution < -0.4 is 11.1 Å². The molecule has 0 bridgehead atoms. The zero-order valence-corrected chi connectivity index (χ0v) is 8.85. The first-order chi connectivity index (χ1) is 6.81. The highest BCUT2D eigenvalue weighted by Gasteiger charge is 2.21. The number of hydrogen-bond donors (Lipinski definition) is 2. The smallest absolute Gasteiger partial charge is 0.0640 e. The maximum absolute atomic E-state index is 6.08. The molecule has 1 aliphatic rings. The van der Waals surface area contributed by atoms with Gasteiger partial charge in [0.2, 0.25) is 0 Å². The van der Waals surface area contributed by atoms with E-state index in [1.54, 1.807) is 0 Å². The summed E-state index contributed by atoms with van der Waals surface area (Å²) in [5.41, 5.74) is 7.94. The lowest BCUT2D eigenvalue weighted by Crippen LogP contribution is -2.16. The summed E-state index contributed by atoms with van der Waals surface area (Å²) in [5.74, 6) is 0. The summed E-state index contributed by atoms with van der Waals surface area (Å²) in [4.78, 5) is 0. The molecule has 76 valence electrons. The number of anilines is 1. The molecule has 1 heterocycles. The highest BCUT2D eigenvalue weighted by molar-refractivity contribution is 6.33. The zero-order chi connectivity index (χ0) is 9.97. The van der Waals surface area contributed by atoms with Crippen LogP contribution in [0, 0.1) is 0 Å². The molecule has 3 N–H and O–H groups in total. The average Bonchev–Trinajstić information content (AvgIpc) is 2.59. The van der Waals surface area contributed by atoms with E-state index in [1.165, 1.54) is 5.56 Å². The Morgan fingerprint density at radius 2 is 2.36 bits per heavy atom. The van der Waals surface area contributed by atoms with Gasteiger partial charge in [-0.15, -0.1) is 0 Å². The summed E-state index contributed by atoms with van der Waals surface area (Å²) in [6, 6.07) is 6.59. The molecule has 3 heteroatoms. The second kappa shape index (κ2) is 4.20. The first-order valence-corrected chi connectivity index (χ1v) is 5.43. The van der Waals surface area contributed by atoms with Crippen molar-refractivity contribution in [2.45, 2.75) is 25.3 Å². The highest BCUT2D eigenvalue weighted by atomic mass is 35.5. The SMILES string of the molecule is NCCCC1Cc2cccc(Cl)c2N1. The van der Waals surface area contributed by atoms with E-state index in [0.29, 0.717) is 6.04 Å². The van der Waals surface area contributed by atoms with Gasteiger partial charge in [0.1, 0.15) is 0 Å². The quantitative estimate of drug-likeness (QED) is 0.804. The molecule has 2 nitrogen and oxygen atoms in total. The van der Waals surface area contributed by atoms with Crippen molar-refractivity contribution >= 4 is 17.3 Å². The minimum atomic E-state index is 0.522. The molecule has 1 aromatic carbocycles. The van der Waals surface area contributed by atoms with Crippen LogP contribution in [0.2, 0.25) is 5.02 Å². The molecule has 0 amide bonds. The Morgan fingerprint density at radius 3 is 3.07 bits per heavy atom. The third-order valence-corrected chi connectivity index (χ3v) is 2.99. The molecule has 0 saturated heterocycles. The molecule has 0 aromatic heterocycles. The number of halogens is 1. The predicted molar refractivity (Wildman–Crippen MR) is 60.9 cm³/mol. The summed E-state index contributed by atoms with van der Waals surface area (Å²) in [7, 11) is 0. The molecule has 14 heavy (non-hydrogen) atoms. The average molecular weight is 211 g/mol. The van der Waals surface area contributed by atoms with Crippen molar-refractivity contribution in [2.75, 3.05) is 11.9 Å². The predicted octanol–water partition coefficient (Wildman–Crippen LogP) is 2.42. The third kappa shape index (κ3) is 1.86. The Bertz CT molecular complexity index is 325. The molecule has 0 saturated carbocycles. The number of fused-ring (bicyclic) bond motifs is 1. The number of rotatable bonds is 3. The number of para-hydroxylation sites is 1. The molecule has 1 unspecified atom stereocenters. The van der Waals surface area contributed by atoms with Crippen molar-refractivity contribution in [3.8, 4) is 0 Å². The van der Waals surface area contributed by atoms with Gasteiger partial charge in [0.15, 0.2) is 0 Å². The van der Waals surface area contributed by atoms with Gasteiger partial charge in [-0.25, -0.2) is 0 Å². The first-order valence-electron chi connectivity index (χ1n) is 5.05. The summed E-state index contributed by atoms with van der Waals surface area (Å²) >= 11 is 6.08. The minimum Gasteiger partial charge on any atom is -0.381 e. The molecule has 1 aliphatic heterocycles. The van der Waals surface area contributed by atoms with Crippen molar-refractivity contribution in [3.63, 3.8) is 0 Å². The summed E-state index contributed by atoms with van der Waals surface area (Å²) in [6.45, 7) is 0.766. The van der Waals surface area contributed by atoms with Crippen LogP contribution in [-0.4, -0.2) is 12.6 Å². The van der Waals surface area contributed by atoms with Crippen molar-refractivity contribution in [3.05, 3.63) is 28.8 Å². The normalized spacial score (nSPS) is 19.1. The Labute approximate surface area is 89.4 Å². The van der Waals surface area contributed by atoms with Crippen LogP contribution in [0.15, 0.2) is 18.2 Å². The molecular weight excluding hydrogens is 196 g/mol. The number of benzene rings is 1. The van der Waals surface area contributed by atoms with Gasteiger partial charge in [-0.05, 0) is 37.4 Å². The standard InChI is InChI=1S/C11H15ClN2/c12-10-5-1-3-8-7-9(4-2-6-13)14-11(8)10/h1,3,5,9,14H,2,4,6-7,13H2. The van der Waals surface area contributed by atoms with Crippen molar-refractivity contribution in [1.29, 1.82) is 0 Å². The second-order valence-electron chi connectivity index (χ2n) is 3.75. The van der Waals surface area contributed by atoms with Crippen LogP contribution in [0.1, 0.15) is 18.4 Å². The molecule has 0 spiro atoms. The molecule has 1 atom stereocenters. The van der Waals surface area contributed by atoms with E-state index >= 15 is 0 Å². The Morgan fingerprint density at radius 1 is 1.50 bits per heavy atom. The lowest BCUT2D eigenvalue weighted by Gasteiger charge is -2.10. The topological polar surface area (TPSA) is 38.0 Å². The van der Waals surface area contributed by atoms with Crippen LogP contribution in [-0.2, 0) is 6.42 Å². The number of nitrogens with two attached hydrogens (primary N) is 1. The van der Waals surface area contributed by atoms with E-state index in [9.17, 15) is 0 Å². The van der Waals surface area contributed by atoms with Gasteiger partial charge >= 0.3 is 0 Å². The fourth-order valence-corrected chi connectivity index (χ4v) is 2.21. The lowest BCUT2D eigenvalue weighted by atomic mass is 10.1. The van der Waals surface area contributed by atoms with E-state index in [4.69, 9.17) is 17.3 Å². The highest BCUT2D eigenvalue weighted by Crippen LogP contribution is 2.33. The maximum atomic E-state index is 6.08. The van der Waals surface area contributed by atoms with E-state index in [1.807, 2.05) is 12.1 Å². The van der Waals surface area contributed by atoms with E-state index in [2.05, 4.69) is 11.4 Å². The largest absolute Gasteiger partial charge is 0.381 e. The van der Waals surface area contributed by atoms with Gasteiger partial charge in [-0.3, -0.25) is 0 Å². The van der Waals surface area contributed by atoms with Gasteiger partial charge in [-0.2, -0.15) is 0 Å². The van der Waals surface area contributed by atoms with Crippen LogP contribution in [0.25, 0.3) is 0 Å². The van der Waals surface area contributed by atoms with Crippen molar-refractivity contribution in [1.82, 2.24) is 0 Å². The van der Waals surface area contributed by atoms with Crippen molar-refractivity contribution in [2.24, 2.45) is 5.73 Å². The molecule has 0 radical (unpaired) electrons. The summed E-state index contributed by atoms with van der Waals surface area (Å²) < 4.78 is 0. The fourth-order valence-electron chi connectivity index (χ4n) is 1.96. The van der Waals surface area contributed by atoms with Gasteiger partial charge in [-0.1, -0.05) is 23.7 Å². The minimum absolute atomic E-state index is 0.522. The number of hydrogen-bond acceptors (Lipinski definition) is 2. The van der Waals surface area contributed by atoms with E-state index in [-0.39, 0.29) is 0 Å². The summed E-state index contributed by atoms with van der Waals surface area (Å²) in [5, 5.41) is 4.28. The fraction of sp³-hybridized carbons (Fsp3) is 0.455.